The van der Waals surface area contributed by atoms with Gasteiger partial charge in [-0.3, -0.25) is 14.5 Å². The molecule has 0 aromatic carbocycles. The number of aromatic carboxylic acids is 1. The van der Waals surface area contributed by atoms with Crippen LogP contribution in [0.4, 0.5) is 0 Å². The molecule has 0 radical (unpaired) electrons. The number of hydrogen-bond donors (Lipinski definition) is 1. The molecule has 0 saturated heterocycles. The average molecular weight is 286 g/mol. The monoisotopic (exact) mass is 286 g/mol. The summed E-state index contributed by atoms with van der Waals surface area (Å²) in [6.45, 7) is 3.07. The van der Waals surface area contributed by atoms with Gasteiger partial charge in [-0.2, -0.15) is 5.10 Å². The van der Waals surface area contributed by atoms with Crippen molar-refractivity contribution >= 4 is 11.9 Å². The first-order valence-electron chi connectivity index (χ1n) is 6.57. The molecule has 0 unspecified atom stereocenters. The summed E-state index contributed by atoms with van der Waals surface area (Å²) in [6, 6.07) is 3.73. The quantitative estimate of drug-likeness (QED) is 0.907. The minimum Gasteiger partial charge on any atom is -0.476 e. The van der Waals surface area contributed by atoms with Crippen molar-refractivity contribution in [2.75, 3.05) is 6.54 Å². The highest BCUT2D eigenvalue weighted by atomic mass is 16.4. The molecule has 7 heteroatoms. The summed E-state index contributed by atoms with van der Waals surface area (Å²) in [7, 11) is 0. The van der Waals surface area contributed by atoms with E-state index in [-0.39, 0.29) is 11.6 Å². The Labute approximate surface area is 120 Å². The zero-order chi connectivity index (χ0) is 15.0. The number of carbonyl (C=O) groups excluding carboxylic acids is 1. The summed E-state index contributed by atoms with van der Waals surface area (Å²) >= 11 is 0. The normalized spacial score (nSPS) is 14.1. The molecule has 21 heavy (non-hydrogen) atoms. The summed E-state index contributed by atoms with van der Waals surface area (Å²) in [6.07, 6.45) is 3.40. The van der Waals surface area contributed by atoms with Crippen LogP contribution in [-0.4, -0.2) is 43.2 Å². The second-order valence-corrected chi connectivity index (χ2v) is 4.94. The molecule has 2 aromatic heterocycles. The van der Waals surface area contributed by atoms with Crippen molar-refractivity contribution < 1.29 is 14.7 Å². The highest BCUT2D eigenvalue weighted by Crippen LogP contribution is 2.21. The van der Waals surface area contributed by atoms with E-state index in [1.807, 2.05) is 12.1 Å². The molecule has 1 aliphatic rings. The highest BCUT2D eigenvalue weighted by molar-refractivity contribution is 5.98. The molecular weight excluding hydrogens is 272 g/mol. The van der Waals surface area contributed by atoms with Gasteiger partial charge in [0, 0.05) is 31.0 Å². The Hall–Kier alpha value is -2.70. The molecular formula is C14H14N4O3. The van der Waals surface area contributed by atoms with Gasteiger partial charge in [-0.15, -0.1) is 0 Å². The number of fused-ring (bicyclic) bond motifs is 1. The van der Waals surface area contributed by atoms with E-state index in [1.54, 1.807) is 24.2 Å². The van der Waals surface area contributed by atoms with Gasteiger partial charge in [0.15, 0.2) is 5.69 Å². The lowest BCUT2D eigenvalue weighted by molar-refractivity contribution is 0.0670. The van der Waals surface area contributed by atoms with Gasteiger partial charge in [0.05, 0.1) is 6.54 Å². The number of pyridine rings is 1. The third-order valence-corrected chi connectivity index (χ3v) is 3.56. The van der Waals surface area contributed by atoms with Crippen molar-refractivity contribution in [1.29, 1.82) is 0 Å². The zero-order valence-corrected chi connectivity index (χ0v) is 11.5. The van der Waals surface area contributed by atoms with Crippen LogP contribution in [0, 0.1) is 6.92 Å². The molecule has 0 bridgehead atoms. The van der Waals surface area contributed by atoms with Crippen LogP contribution in [0.3, 0.4) is 0 Å². The van der Waals surface area contributed by atoms with Crippen molar-refractivity contribution in [1.82, 2.24) is 19.7 Å². The van der Waals surface area contributed by atoms with Crippen LogP contribution < -0.4 is 0 Å². The fraction of sp³-hybridized carbons (Fsp3) is 0.286. The van der Waals surface area contributed by atoms with Crippen molar-refractivity contribution in [3.8, 4) is 0 Å². The fourth-order valence-electron chi connectivity index (χ4n) is 2.52. The van der Waals surface area contributed by atoms with Gasteiger partial charge in [-0.1, -0.05) is 6.07 Å². The van der Waals surface area contributed by atoms with Gasteiger partial charge in [0.1, 0.15) is 5.69 Å². The van der Waals surface area contributed by atoms with Crippen LogP contribution in [0.2, 0.25) is 0 Å². The molecule has 108 valence electrons. The lowest BCUT2D eigenvalue weighted by Crippen LogP contribution is -2.40. The van der Waals surface area contributed by atoms with E-state index in [1.165, 1.54) is 4.68 Å². The second kappa shape index (κ2) is 5.01. The summed E-state index contributed by atoms with van der Waals surface area (Å²) < 4.78 is 1.49. The summed E-state index contributed by atoms with van der Waals surface area (Å²) in [5, 5.41) is 13.1. The van der Waals surface area contributed by atoms with Gasteiger partial charge in [0.25, 0.3) is 5.91 Å². The minimum atomic E-state index is -1.11. The van der Waals surface area contributed by atoms with Gasteiger partial charge >= 0.3 is 5.97 Å². The van der Waals surface area contributed by atoms with Gasteiger partial charge < -0.3 is 10.0 Å². The number of carboxylic acids is 1. The predicted octanol–water partition coefficient (Wildman–Crippen LogP) is 0.941. The van der Waals surface area contributed by atoms with E-state index < -0.39 is 5.97 Å². The molecule has 3 heterocycles. The maximum atomic E-state index is 12.5. The minimum absolute atomic E-state index is 0.0541. The molecule has 1 N–H and O–H groups in total. The number of aromatic nitrogens is 3. The Morgan fingerprint density at radius 1 is 1.43 bits per heavy atom. The molecule has 2 aromatic rings. The molecule has 1 amide bonds. The topological polar surface area (TPSA) is 88.3 Å². The number of nitrogens with zero attached hydrogens (tertiary/aromatic N) is 4. The third-order valence-electron chi connectivity index (χ3n) is 3.56. The molecule has 0 spiro atoms. The maximum absolute atomic E-state index is 12.5. The van der Waals surface area contributed by atoms with Crippen LogP contribution in [0.25, 0.3) is 0 Å². The van der Waals surface area contributed by atoms with Crippen LogP contribution in [-0.2, 0) is 13.1 Å². The molecule has 1 aliphatic heterocycles. The first-order valence-corrected chi connectivity index (χ1v) is 6.57. The average Bonchev–Trinajstić information content (AvgIpc) is 2.81. The lowest BCUT2D eigenvalue weighted by Gasteiger charge is -2.27. The Balaban J connectivity index is 1.90. The number of amides is 1. The van der Waals surface area contributed by atoms with E-state index in [2.05, 4.69) is 10.1 Å². The first-order chi connectivity index (χ1) is 10.1. The van der Waals surface area contributed by atoms with E-state index >= 15 is 0 Å². The van der Waals surface area contributed by atoms with Crippen molar-refractivity contribution in [3.63, 3.8) is 0 Å². The summed E-state index contributed by atoms with van der Waals surface area (Å²) in [5.41, 5.74) is 1.67. The van der Waals surface area contributed by atoms with Crippen LogP contribution in [0.1, 0.15) is 32.1 Å². The standard InChI is InChI=1S/C14H14N4O3/c1-9-11(14(20)21)16-18-6-5-17(13(19)12(9)18)8-10-3-2-4-15-7-10/h2-4,7H,5-6,8H2,1H3,(H,20,21). The molecule has 0 atom stereocenters. The SMILES string of the molecule is Cc1c(C(=O)O)nn2c1C(=O)N(Cc1cccnc1)CC2. The van der Waals surface area contributed by atoms with E-state index in [0.717, 1.165) is 5.56 Å². The maximum Gasteiger partial charge on any atom is 0.356 e. The number of carbonyl (C=O) groups is 2. The first kappa shape index (κ1) is 13.3. The van der Waals surface area contributed by atoms with Crippen LogP contribution in [0.5, 0.6) is 0 Å². The number of carboxylic acid groups (broad SMARTS) is 1. The number of rotatable bonds is 3. The zero-order valence-electron chi connectivity index (χ0n) is 11.5. The smallest absolute Gasteiger partial charge is 0.356 e. The Bertz CT molecular complexity index is 709. The molecule has 3 rings (SSSR count). The van der Waals surface area contributed by atoms with Gasteiger partial charge in [0.2, 0.25) is 0 Å². The third kappa shape index (κ3) is 2.26. The van der Waals surface area contributed by atoms with Crippen LogP contribution in [0.15, 0.2) is 24.5 Å². The summed E-state index contributed by atoms with van der Waals surface area (Å²) in [5.74, 6) is -1.30. The van der Waals surface area contributed by atoms with Crippen molar-refractivity contribution in [2.45, 2.75) is 20.0 Å². The molecule has 0 fully saturated rings. The van der Waals surface area contributed by atoms with Crippen molar-refractivity contribution in [3.05, 3.63) is 47.0 Å². The summed E-state index contributed by atoms with van der Waals surface area (Å²) in [4.78, 5) is 29.4. The highest BCUT2D eigenvalue weighted by Gasteiger charge is 2.31. The van der Waals surface area contributed by atoms with Crippen molar-refractivity contribution in [2.24, 2.45) is 0 Å². The largest absolute Gasteiger partial charge is 0.476 e. The lowest BCUT2D eigenvalue weighted by atomic mass is 10.1. The Morgan fingerprint density at radius 3 is 2.90 bits per heavy atom. The predicted molar refractivity (Wildman–Crippen MR) is 72.9 cm³/mol. The van der Waals surface area contributed by atoms with Gasteiger partial charge in [-0.05, 0) is 18.6 Å². The van der Waals surface area contributed by atoms with E-state index in [0.29, 0.717) is 30.9 Å². The Kier molecular flexibility index (Phi) is 3.17. The molecule has 0 saturated carbocycles. The van der Waals surface area contributed by atoms with E-state index in [4.69, 9.17) is 5.11 Å². The Morgan fingerprint density at radius 2 is 2.24 bits per heavy atom. The molecule has 7 nitrogen and oxygen atoms in total. The van der Waals surface area contributed by atoms with Gasteiger partial charge in [-0.25, -0.2) is 4.79 Å². The van der Waals surface area contributed by atoms with E-state index in [9.17, 15) is 9.59 Å². The second-order valence-electron chi connectivity index (χ2n) is 4.94. The van der Waals surface area contributed by atoms with Crippen LogP contribution >= 0.6 is 0 Å². The fourth-order valence-corrected chi connectivity index (χ4v) is 2.52. The number of hydrogen-bond acceptors (Lipinski definition) is 4. The molecule has 0 aliphatic carbocycles.